The molecule has 0 spiro atoms. The molecule has 0 atom stereocenters. The Bertz CT molecular complexity index is 583. The Morgan fingerprint density at radius 3 is 2.33 bits per heavy atom. The smallest absolute Gasteiger partial charge is 0.119 e. The van der Waals surface area contributed by atoms with Crippen molar-refractivity contribution in [3.05, 3.63) is 54.1 Å². The van der Waals surface area contributed by atoms with Crippen molar-refractivity contribution < 1.29 is 4.74 Å². The minimum atomic E-state index is 0.367. The predicted molar refractivity (Wildman–Crippen MR) is 87.8 cm³/mol. The van der Waals surface area contributed by atoms with E-state index >= 15 is 0 Å². The van der Waals surface area contributed by atoms with Gasteiger partial charge in [0.15, 0.2) is 0 Å². The first-order valence-corrected chi connectivity index (χ1v) is 7.73. The van der Waals surface area contributed by atoms with Gasteiger partial charge in [-0.2, -0.15) is 0 Å². The summed E-state index contributed by atoms with van der Waals surface area (Å²) in [6, 6.07) is 17.1. The molecule has 0 aromatic heterocycles. The molecule has 1 heterocycles. The minimum Gasteiger partial charge on any atom is -0.490 e. The molecule has 1 fully saturated rings. The van der Waals surface area contributed by atoms with Gasteiger partial charge in [-0.15, -0.1) is 0 Å². The third kappa shape index (κ3) is 3.64. The van der Waals surface area contributed by atoms with Gasteiger partial charge in [-0.05, 0) is 50.1 Å². The Balaban J connectivity index is 1.67. The lowest BCUT2D eigenvalue weighted by molar-refractivity contribution is 0.114. The third-order valence-corrected chi connectivity index (χ3v) is 4.17. The highest BCUT2D eigenvalue weighted by atomic mass is 16.5. The van der Waals surface area contributed by atoms with E-state index in [9.17, 15) is 0 Å². The van der Waals surface area contributed by atoms with Gasteiger partial charge in [0.25, 0.3) is 0 Å². The van der Waals surface area contributed by atoms with Crippen LogP contribution in [0.4, 0.5) is 0 Å². The Morgan fingerprint density at radius 2 is 1.67 bits per heavy atom. The average molecular weight is 281 g/mol. The highest BCUT2D eigenvalue weighted by molar-refractivity contribution is 5.64. The molecule has 2 aromatic carbocycles. The van der Waals surface area contributed by atoms with Crippen LogP contribution in [0, 0.1) is 6.92 Å². The maximum atomic E-state index is 6.09. The van der Waals surface area contributed by atoms with Crippen LogP contribution >= 0.6 is 0 Å². The average Bonchev–Trinajstić information content (AvgIpc) is 2.50. The van der Waals surface area contributed by atoms with Crippen molar-refractivity contribution in [1.82, 2.24) is 4.90 Å². The summed E-state index contributed by atoms with van der Waals surface area (Å²) < 4.78 is 6.09. The van der Waals surface area contributed by atoms with E-state index in [0.717, 1.165) is 31.7 Å². The molecule has 1 aliphatic heterocycles. The van der Waals surface area contributed by atoms with Crippen LogP contribution in [0.15, 0.2) is 48.5 Å². The van der Waals surface area contributed by atoms with Crippen LogP contribution < -0.4 is 4.74 Å². The lowest BCUT2D eigenvalue weighted by Gasteiger charge is -2.29. The van der Waals surface area contributed by atoms with Crippen LogP contribution in [-0.2, 0) is 0 Å². The summed E-state index contributed by atoms with van der Waals surface area (Å²) in [5.74, 6) is 0.987. The maximum Gasteiger partial charge on any atom is 0.119 e. The fraction of sp³-hybridized carbons (Fsp3) is 0.368. The predicted octanol–water partition coefficient (Wildman–Crippen LogP) is 4.14. The summed E-state index contributed by atoms with van der Waals surface area (Å²) >= 11 is 0. The van der Waals surface area contributed by atoms with Gasteiger partial charge in [-0.1, -0.05) is 42.0 Å². The molecule has 1 aliphatic rings. The topological polar surface area (TPSA) is 12.5 Å². The molecule has 2 nitrogen and oxygen atoms in total. The molecule has 0 N–H and O–H groups in total. The Hall–Kier alpha value is -1.80. The second-order valence-corrected chi connectivity index (χ2v) is 6.01. The quantitative estimate of drug-likeness (QED) is 0.838. The van der Waals surface area contributed by atoms with Crippen LogP contribution in [0.3, 0.4) is 0 Å². The van der Waals surface area contributed by atoms with E-state index < -0.39 is 0 Å². The van der Waals surface area contributed by atoms with Gasteiger partial charge in [0, 0.05) is 13.1 Å². The second kappa shape index (κ2) is 6.31. The lowest BCUT2D eigenvalue weighted by Crippen LogP contribution is -2.35. The van der Waals surface area contributed by atoms with Crippen LogP contribution in [0.25, 0.3) is 11.1 Å². The summed E-state index contributed by atoms with van der Waals surface area (Å²) in [7, 11) is 2.17. The van der Waals surface area contributed by atoms with Crippen LogP contribution in [-0.4, -0.2) is 31.1 Å². The van der Waals surface area contributed by atoms with Crippen molar-refractivity contribution in [1.29, 1.82) is 0 Å². The molecule has 1 saturated heterocycles. The molecule has 3 rings (SSSR count). The zero-order chi connectivity index (χ0) is 14.7. The SMILES string of the molecule is Cc1cccc(-c2ccc(OC3CCN(C)CC3)cc2)c1. The van der Waals surface area contributed by atoms with E-state index in [4.69, 9.17) is 4.74 Å². The van der Waals surface area contributed by atoms with Gasteiger partial charge in [0.2, 0.25) is 0 Å². The number of likely N-dealkylation sites (tertiary alicyclic amines) is 1. The highest BCUT2D eigenvalue weighted by Crippen LogP contribution is 2.25. The normalized spacial score (nSPS) is 16.9. The van der Waals surface area contributed by atoms with Crippen LogP contribution in [0.5, 0.6) is 5.75 Å². The molecule has 0 radical (unpaired) electrons. The molecule has 0 saturated carbocycles. The van der Waals surface area contributed by atoms with Crippen molar-refractivity contribution in [3.63, 3.8) is 0 Å². The zero-order valence-corrected chi connectivity index (χ0v) is 12.9. The number of hydrogen-bond acceptors (Lipinski definition) is 2. The number of rotatable bonds is 3. The van der Waals surface area contributed by atoms with E-state index in [2.05, 4.69) is 67.4 Å². The van der Waals surface area contributed by atoms with Crippen molar-refractivity contribution >= 4 is 0 Å². The molecule has 0 bridgehead atoms. The molecule has 21 heavy (non-hydrogen) atoms. The highest BCUT2D eigenvalue weighted by Gasteiger charge is 2.17. The monoisotopic (exact) mass is 281 g/mol. The Kier molecular flexibility index (Phi) is 4.26. The summed E-state index contributed by atoms with van der Waals surface area (Å²) in [6.45, 7) is 4.39. The van der Waals surface area contributed by atoms with E-state index in [-0.39, 0.29) is 0 Å². The lowest BCUT2D eigenvalue weighted by atomic mass is 10.0. The molecule has 0 unspecified atom stereocenters. The molecule has 0 amide bonds. The standard InChI is InChI=1S/C19H23NO/c1-15-4-3-5-17(14-15)16-6-8-18(9-7-16)21-19-10-12-20(2)13-11-19/h3-9,14,19H,10-13H2,1-2H3. The number of hydrogen-bond donors (Lipinski definition) is 0. The first-order valence-electron chi connectivity index (χ1n) is 7.73. The van der Waals surface area contributed by atoms with Gasteiger partial charge in [0.05, 0.1) is 0 Å². The van der Waals surface area contributed by atoms with Crippen LogP contribution in [0.2, 0.25) is 0 Å². The van der Waals surface area contributed by atoms with Crippen molar-refractivity contribution in [2.45, 2.75) is 25.9 Å². The van der Waals surface area contributed by atoms with Gasteiger partial charge >= 0.3 is 0 Å². The fourth-order valence-corrected chi connectivity index (χ4v) is 2.85. The number of ether oxygens (including phenoxy) is 1. The summed E-state index contributed by atoms with van der Waals surface area (Å²) in [4.78, 5) is 2.36. The van der Waals surface area contributed by atoms with Gasteiger partial charge in [-0.25, -0.2) is 0 Å². The number of piperidine rings is 1. The van der Waals surface area contributed by atoms with E-state index in [0.29, 0.717) is 6.10 Å². The Labute approximate surface area is 127 Å². The minimum absolute atomic E-state index is 0.367. The number of aryl methyl sites for hydroxylation is 1. The fourth-order valence-electron chi connectivity index (χ4n) is 2.85. The largest absolute Gasteiger partial charge is 0.490 e. The third-order valence-electron chi connectivity index (χ3n) is 4.17. The first kappa shape index (κ1) is 14.2. The zero-order valence-electron chi connectivity index (χ0n) is 12.9. The second-order valence-electron chi connectivity index (χ2n) is 6.01. The van der Waals surface area contributed by atoms with Crippen molar-refractivity contribution in [2.24, 2.45) is 0 Å². The Morgan fingerprint density at radius 1 is 0.952 bits per heavy atom. The molecular formula is C19H23NO. The van der Waals surface area contributed by atoms with Crippen LogP contribution in [0.1, 0.15) is 18.4 Å². The molecular weight excluding hydrogens is 258 g/mol. The van der Waals surface area contributed by atoms with E-state index in [1.807, 2.05) is 0 Å². The van der Waals surface area contributed by atoms with Gasteiger partial charge in [0.1, 0.15) is 11.9 Å². The first-order chi connectivity index (χ1) is 10.2. The molecule has 0 aliphatic carbocycles. The summed E-state index contributed by atoms with van der Waals surface area (Å²) in [5.41, 5.74) is 3.80. The summed E-state index contributed by atoms with van der Waals surface area (Å²) in [5, 5.41) is 0. The van der Waals surface area contributed by atoms with E-state index in [1.54, 1.807) is 0 Å². The van der Waals surface area contributed by atoms with Crippen molar-refractivity contribution in [3.8, 4) is 16.9 Å². The summed E-state index contributed by atoms with van der Waals surface area (Å²) in [6.07, 6.45) is 2.61. The molecule has 110 valence electrons. The van der Waals surface area contributed by atoms with Crippen molar-refractivity contribution in [2.75, 3.05) is 20.1 Å². The number of benzene rings is 2. The molecule has 2 heteroatoms. The van der Waals surface area contributed by atoms with Gasteiger partial charge < -0.3 is 9.64 Å². The maximum absolute atomic E-state index is 6.09. The molecule has 2 aromatic rings. The van der Waals surface area contributed by atoms with Gasteiger partial charge in [-0.3, -0.25) is 0 Å². The number of nitrogens with zero attached hydrogens (tertiary/aromatic N) is 1. The van der Waals surface area contributed by atoms with E-state index in [1.165, 1.54) is 16.7 Å².